The minimum atomic E-state index is -0.670. The monoisotopic (exact) mass is 1230 g/mol. The molecule has 0 aliphatic heterocycles. The molecule has 0 bridgehead atoms. The molecule has 2 aromatic rings. The fourth-order valence-electron chi connectivity index (χ4n) is 7.14. The molecule has 2 nitrogen and oxygen atoms in total. The molecule has 0 aliphatic rings. The Morgan fingerprint density at radius 2 is 1.18 bits per heavy atom. The lowest BCUT2D eigenvalue weighted by molar-refractivity contribution is 0.449. The molecule has 0 N–H and O–H groups in total. The molecular weight excluding hydrogens is 1160 g/mol. The molecule has 375 valence electrons. The molecule has 0 amide bonds. The summed E-state index contributed by atoms with van der Waals surface area (Å²) in [7, 11) is 46.7. The summed E-state index contributed by atoms with van der Waals surface area (Å²) in [6.45, 7) is 22.3. The Morgan fingerprint density at radius 3 is 1.60 bits per heavy atom. The number of unbranched alkanes of at least 4 members (excludes halogenated alkanes) is 8. The average molecular weight is 1230 g/mol. The fraction of sp³-hybridized carbons (Fsp3) is 0.689. The van der Waals surface area contributed by atoms with Crippen LogP contribution in [0, 0.1) is 28.1 Å². The molecule has 2 aromatic heterocycles. The van der Waals surface area contributed by atoms with Crippen LogP contribution in [0.25, 0.3) is 6.08 Å². The smallest absolute Gasteiger partial charge is 0.105 e. The Bertz CT molecular complexity index is 1840. The minimum Gasteiger partial charge on any atom is -0.198 e. The molecule has 0 fully saturated rings. The third-order valence-corrected chi connectivity index (χ3v) is 20.4. The van der Waals surface area contributed by atoms with E-state index in [-0.39, 0.29) is 49.5 Å². The van der Waals surface area contributed by atoms with Crippen LogP contribution < -0.4 is 0 Å². The van der Waals surface area contributed by atoms with E-state index in [1.165, 1.54) is 131 Å². The van der Waals surface area contributed by atoms with Gasteiger partial charge in [-0.15, -0.1) is 53.0 Å². The van der Waals surface area contributed by atoms with E-state index in [2.05, 4.69) is 90.4 Å². The predicted molar refractivity (Wildman–Crippen MR) is 383 cm³/mol. The quantitative estimate of drug-likeness (QED) is 0.0454. The number of hydrogen-bond donors (Lipinski definition) is 0. The second-order valence-electron chi connectivity index (χ2n) is 18.7. The van der Waals surface area contributed by atoms with Crippen LogP contribution in [0.5, 0.6) is 0 Å². The van der Waals surface area contributed by atoms with Crippen molar-refractivity contribution in [2.24, 2.45) is 5.41 Å². The van der Waals surface area contributed by atoms with Crippen LogP contribution in [0.2, 0.25) is 6.82 Å². The van der Waals surface area contributed by atoms with Crippen molar-refractivity contribution < 1.29 is 0 Å². The number of aryl methyl sites for hydroxylation is 2. The molecule has 73 heavy (non-hydrogen) atoms. The highest BCUT2D eigenvalue weighted by molar-refractivity contribution is 9.11. The SMILES string of the molecule is C.C.C=Cc1sc(Br)cc1CCCCCC.CCCCCCc1cc(Br)sc1C(CC(C)(C)C#N)SC(=S)SCCCC.CCCCSC(=S)SC(C)(C)C#N.[B][B]B([B])B(B([B])[B])B(C)B(B([B])[B])B([B])[B]. The van der Waals surface area contributed by atoms with E-state index in [1.807, 2.05) is 51.9 Å². The molecule has 1 atom stereocenters. The van der Waals surface area contributed by atoms with E-state index in [9.17, 15) is 5.26 Å². The van der Waals surface area contributed by atoms with Gasteiger partial charge in [0.15, 0.2) is 0 Å². The van der Waals surface area contributed by atoms with E-state index in [0.29, 0.717) is 0 Å². The van der Waals surface area contributed by atoms with Gasteiger partial charge in [-0.3, -0.25) is 0 Å². The van der Waals surface area contributed by atoms with E-state index < -0.39 is 25.5 Å². The predicted octanol–water partition coefficient (Wildman–Crippen LogP) is 14.0. The van der Waals surface area contributed by atoms with Crippen LogP contribution >= 0.6 is 126 Å². The van der Waals surface area contributed by atoms with Crippen LogP contribution in [0.3, 0.4) is 0 Å². The van der Waals surface area contributed by atoms with Crippen LogP contribution in [0.4, 0.5) is 0 Å². The van der Waals surface area contributed by atoms with Crippen molar-refractivity contribution in [3.8, 4) is 12.1 Å². The van der Waals surface area contributed by atoms with Gasteiger partial charge in [-0.25, -0.2) is 0 Å². The van der Waals surface area contributed by atoms with Gasteiger partial charge >= 0.3 is 0 Å². The molecule has 0 saturated heterocycles. The summed E-state index contributed by atoms with van der Waals surface area (Å²) in [6.07, 6.45) is 17.2. The second kappa shape index (κ2) is 47.3. The highest BCUT2D eigenvalue weighted by Gasteiger charge is 2.39. The van der Waals surface area contributed by atoms with Gasteiger partial charge in [0.1, 0.15) is 11.8 Å². The van der Waals surface area contributed by atoms with Gasteiger partial charge in [-0.1, -0.05) is 155 Å². The van der Waals surface area contributed by atoms with Gasteiger partial charge in [0, 0.05) is 129 Å². The topological polar surface area (TPSA) is 47.6 Å². The van der Waals surface area contributed by atoms with Gasteiger partial charge in [-0.2, -0.15) is 10.5 Å². The zero-order chi connectivity index (χ0) is 54.7. The first-order chi connectivity index (χ1) is 33.3. The Kier molecular flexibility index (Phi) is 52.7. The Labute approximate surface area is 517 Å². The zero-order valence-corrected chi connectivity index (χ0v) is 53.9. The van der Waals surface area contributed by atoms with E-state index >= 15 is 0 Å². The molecule has 0 spiro atoms. The summed E-state index contributed by atoms with van der Waals surface area (Å²) in [5, 5.41) is 18.6. The maximum atomic E-state index is 9.57. The van der Waals surface area contributed by atoms with Crippen molar-refractivity contribution in [3.63, 3.8) is 0 Å². The summed E-state index contributed by atoms with van der Waals surface area (Å²) in [5.74, 6) is 2.17. The molecule has 17 radical (unpaired) electrons. The van der Waals surface area contributed by atoms with Crippen LogP contribution in [-0.4, -0.2) is 137 Å². The summed E-state index contributed by atoms with van der Waals surface area (Å²) >= 11 is 28.4. The van der Waals surface area contributed by atoms with Gasteiger partial charge in [0.25, 0.3) is 0 Å². The summed E-state index contributed by atoms with van der Waals surface area (Å²) in [4.78, 5) is 2.73. The Hall–Kier alpha value is 1.70. The van der Waals surface area contributed by atoms with Gasteiger partial charge < -0.3 is 0 Å². The standard InChI is InChI=1S/C21H32BrNS4.C12H17BrS.C9H15NS3.CH3B16.2CH4/c1-5-7-9-10-11-16-13-18(22)27-19(16)17(14-21(3,4)15-23)26-20(24)25-12-8-6-2;1-3-5-6-7-8-10-9-12(13)14-11(10)4-2;1-4-5-6-12-8(11)13-9(2,3)7-10;1-11(16(12(3)4)13(5)6)17(14(7)8)15(9)10-2;;/h13,17H,5-12,14H2,1-4H3;4,9H,2-3,5-8H2,1H3;4-6H2,1-3H3;1H3;2*1H4. The first-order valence-corrected chi connectivity index (χ1v) is 32.6. The molecule has 0 aromatic carbocycles. The highest BCUT2D eigenvalue weighted by Crippen LogP contribution is 2.47. The maximum absolute atomic E-state index is 9.57. The first-order valence-electron chi connectivity index (χ1n) is 24.9. The van der Waals surface area contributed by atoms with E-state index in [1.54, 1.807) is 46.6 Å². The summed E-state index contributed by atoms with van der Waals surface area (Å²) in [6, 6.07) is 9.22. The van der Waals surface area contributed by atoms with E-state index in [0.717, 1.165) is 31.4 Å². The highest BCUT2D eigenvalue weighted by atomic mass is 79.9. The molecule has 28 heteroatoms. The van der Waals surface area contributed by atoms with Gasteiger partial charge in [-0.05, 0) is 139 Å². The van der Waals surface area contributed by atoms with Crippen molar-refractivity contribution in [3.05, 3.63) is 47.2 Å². The molecule has 0 saturated carbocycles. The number of nitriles is 2. The Morgan fingerprint density at radius 1 is 0.726 bits per heavy atom. The fourth-order valence-corrected chi connectivity index (χ4v) is 16.8. The van der Waals surface area contributed by atoms with Crippen LogP contribution in [-0.2, 0) is 12.8 Å². The van der Waals surface area contributed by atoms with Crippen molar-refractivity contribution in [2.45, 2.75) is 183 Å². The number of thioether (sulfide) groups is 4. The lowest BCUT2D eigenvalue weighted by atomic mass is 8.47. The van der Waals surface area contributed by atoms with Crippen molar-refractivity contribution in [1.82, 2.24) is 0 Å². The number of rotatable bonds is 29. The zero-order valence-electron chi connectivity index (χ0n) is 44.2. The molecule has 1 unspecified atom stereocenters. The maximum Gasteiger partial charge on any atom is 0.105 e. The summed E-state index contributed by atoms with van der Waals surface area (Å²) in [5.41, 5.74) is 2.54. The van der Waals surface area contributed by atoms with Crippen molar-refractivity contribution in [1.29, 1.82) is 10.5 Å². The van der Waals surface area contributed by atoms with Gasteiger partial charge in [0.2, 0.25) is 0 Å². The third-order valence-electron chi connectivity index (χ3n) is 11.2. The number of halogens is 2. The van der Waals surface area contributed by atoms with Crippen molar-refractivity contribution in [2.75, 3.05) is 11.5 Å². The normalized spacial score (nSPS) is 10.8. The number of thiocarbonyl (C=S) groups is 2. The molecule has 2 rings (SSSR count). The van der Waals surface area contributed by atoms with E-state index in [4.69, 9.17) is 91.6 Å². The minimum absolute atomic E-state index is 0. The Balaban J connectivity index is -0.000000452. The van der Waals surface area contributed by atoms with Crippen LogP contribution in [0.15, 0.2) is 26.3 Å². The number of hydrogen-bond acceptors (Lipinski definition) is 10. The number of nitrogens with zero attached hydrogens (tertiary/aromatic N) is 2. The summed E-state index contributed by atoms with van der Waals surface area (Å²) < 4.78 is 3.94. The van der Waals surface area contributed by atoms with Gasteiger partial charge in [0.05, 0.1) is 25.1 Å². The average Bonchev–Trinajstić information content (AvgIpc) is 3.86. The largest absolute Gasteiger partial charge is 0.198 e. The lowest BCUT2D eigenvalue weighted by Crippen LogP contribution is -2.73. The molecular formula is C45H75B16Br2N2S8. The second-order valence-corrected chi connectivity index (χ2v) is 31.0. The third kappa shape index (κ3) is 38.1. The lowest BCUT2D eigenvalue weighted by Gasteiger charge is -2.36. The molecule has 2 heterocycles. The van der Waals surface area contributed by atoms with Crippen molar-refractivity contribution >= 4 is 253 Å². The number of thiophene rings is 2. The molecule has 0 aliphatic carbocycles. The van der Waals surface area contributed by atoms with Crippen LogP contribution in [0.1, 0.15) is 180 Å². The first kappa shape index (κ1) is 81.2.